The van der Waals surface area contributed by atoms with Gasteiger partial charge in [0.25, 0.3) is 0 Å². The van der Waals surface area contributed by atoms with E-state index in [4.69, 9.17) is 9.47 Å². The summed E-state index contributed by atoms with van der Waals surface area (Å²) in [5, 5.41) is 13.3. The lowest BCUT2D eigenvalue weighted by Gasteiger charge is -2.29. The van der Waals surface area contributed by atoms with Gasteiger partial charge in [-0.25, -0.2) is 0 Å². The molecule has 1 aliphatic rings. The molecule has 1 aromatic carbocycles. The van der Waals surface area contributed by atoms with Crippen molar-refractivity contribution < 1.29 is 14.6 Å². The molecule has 1 saturated carbocycles. The Labute approximate surface area is 108 Å². The summed E-state index contributed by atoms with van der Waals surface area (Å²) in [6, 6.07) is 5.80. The van der Waals surface area contributed by atoms with Gasteiger partial charge in [0.15, 0.2) is 0 Å². The molecule has 2 N–H and O–H groups in total. The predicted octanol–water partition coefficient (Wildman–Crippen LogP) is 2.42. The Morgan fingerprint density at radius 1 is 1.06 bits per heavy atom. The number of anilines is 1. The SMILES string of the molecule is COc1cc(N[C@@H]2CCCC[C@H]2O)cc(OC)c1. The van der Waals surface area contributed by atoms with E-state index in [0.717, 1.165) is 42.9 Å². The zero-order valence-corrected chi connectivity index (χ0v) is 11.0. The highest BCUT2D eigenvalue weighted by molar-refractivity contribution is 5.54. The van der Waals surface area contributed by atoms with Crippen LogP contribution in [0.2, 0.25) is 0 Å². The molecule has 2 rings (SSSR count). The first-order valence-electron chi connectivity index (χ1n) is 6.40. The van der Waals surface area contributed by atoms with Crippen molar-refractivity contribution in [1.82, 2.24) is 0 Å². The standard InChI is InChI=1S/C14H21NO3/c1-17-11-7-10(8-12(9-11)18-2)15-13-5-3-4-6-14(13)16/h7-9,13-16H,3-6H2,1-2H3/t13-,14-/m1/s1. The molecule has 0 unspecified atom stereocenters. The summed E-state index contributed by atoms with van der Waals surface area (Å²) in [4.78, 5) is 0. The molecule has 2 atom stereocenters. The lowest BCUT2D eigenvalue weighted by Crippen LogP contribution is -2.36. The van der Waals surface area contributed by atoms with Crippen molar-refractivity contribution in [2.45, 2.75) is 37.8 Å². The lowest BCUT2D eigenvalue weighted by molar-refractivity contribution is 0.116. The molecule has 0 heterocycles. The van der Waals surface area contributed by atoms with Crippen LogP contribution in [-0.2, 0) is 0 Å². The summed E-state index contributed by atoms with van der Waals surface area (Å²) in [5.41, 5.74) is 0.928. The van der Waals surface area contributed by atoms with Crippen LogP contribution in [0.3, 0.4) is 0 Å². The maximum Gasteiger partial charge on any atom is 0.124 e. The summed E-state index contributed by atoms with van der Waals surface area (Å²) in [5.74, 6) is 1.50. The molecule has 100 valence electrons. The highest BCUT2D eigenvalue weighted by Gasteiger charge is 2.22. The molecule has 0 bridgehead atoms. The fourth-order valence-corrected chi connectivity index (χ4v) is 2.38. The van der Waals surface area contributed by atoms with Crippen molar-refractivity contribution in [3.63, 3.8) is 0 Å². The molecule has 4 nitrogen and oxygen atoms in total. The molecule has 0 spiro atoms. The molecule has 4 heteroatoms. The van der Waals surface area contributed by atoms with Crippen molar-refractivity contribution in [1.29, 1.82) is 0 Å². The van der Waals surface area contributed by atoms with Crippen LogP contribution in [0.1, 0.15) is 25.7 Å². The zero-order chi connectivity index (χ0) is 13.0. The van der Waals surface area contributed by atoms with Crippen LogP contribution in [-0.4, -0.2) is 31.5 Å². The van der Waals surface area contributed by atoms with Crippen LogP contribution in [0, 0.1) is 0 Å². The van der Waals surface area contributed by atoms with E-state index in [1.165, 1.54) is 0 Å². The highest BCUT2D eigenvalue weighted by atomic mass is 16.5. The van der Waals surface area contributed by atoms with Gasteiger partial charge in [0.2, 0.25) is 0 Å². The van der Waals surface area contributed by atoms with Gasteiger partial charge in [-0.2, -0.15) is 0 Å². The Balaban J connectivity index is 2.12. The molecular weight excluding hydrogens is 230 g/mol. The molecular formula is C14H21NO3. The maximum atomic E-state index is 9.96. The lowest BCUT2D eigenvalue weighted by atomic mass is 9.92. The number of ether oxygens (including phenoxy) is 2. The van der Waals surface area contributed by atoms with Crippen LogP contribution in [0.15, 0.2) is 18.2 Å². The van der Waals surface area contributed by atoms with Crippen LogP contribution >= 0.6 is 0 Å². The number of hydrogen-bond acceptors (Lipinski definition) is 4. The Morgan fingerprint density at radius 2 is 1.67 bits per heavy atom. The summed E-state index contributed by atoms with van der Waals surface area (Å²) in [6.45, 7) is 0. The van der Waals surface area contributed by atoms with Gasteiger partial charge in [0, 0.05) is 23.9 Å². The summed E-state index contributed by atoms with van der Waals surface area (Å²) in [7, 11) is 3.27. The van der Waals surface area contributed by atoms with E-state index in [9.17, 15) is 5.11 Å². The van der Waals surface area contributed by atoms with Gasteiger partial charge in [-0.3, -0.25) is 0 Å². The van der Waals surface area contributed by atoms with E-state index in [1.54, 1.807) is 14.2 Å². The predicted molar refractivity (Wildman–Crippen MR) is 71.4 cm³/mol. The van der Waals surface area contributed by atoms with Crippen molar-refractivity contribution >= 4 is 5.69 Å². The molecule has 18 heavy (non-hydrogen) atoms. The van der Waals surface area contributed by atoms with E-state index in [1.807, 2.05) is 18.2 Å². The van der Waals surface area contributed by atoms with E-state index < -0.39 is 0 Å². The van der Waals surface area contributed by atoms with Gasteiger partial charge in [-0.15, -0.1) is 0 Å². The number of methoxy groups -OCH3 is 2. The van der Waals surface area contributed by atoms with Gasteiger partial charge in [0.1, 0.15) is 11.5 Å². The molecule has 1 aromatic rings. The Bertz CT molecular complexity index is 372. The first kappa shape index (κ1) is 13.0. The average molecular weight is 251 g/mol. The summed E-state index contributed by atoms with van der Waals surface area (Å²) < 4.78 is 10.5. The molecule has 0 aliphatic heterocycles. The molecule has 0 amide bonds. The minimum atomic E-state index is -0.268. The number of rotatable bonds is 4. The number of aliphatic hydroxyl groups excluding tert-OH is 1. The minimum Gasteiger partial charge on any atom is -0.497 e. The van der Waals surface area contributed by atoms with E-state index >= 15 is 0 Å². The Morgan fingerprint density at radius 3 is 2.22 bits per heavy atom. The van der Waals surface area contributed by atoms with Gasteiger partial charge in [-0.05, 0) is 12.8 Å². The fourth-order valence-electron chi connectivity index (χ4n) is 2.38. The average Bonchev–Trinajstić information content (AvgIpc) is 2.41. The second kappa shape index (κ2) is 5.96. The molecule has 1 aliphatic carbocycles. The van der Waals surface area contributed by atoms with Crippen LogP contribution < -0.4 is 14.8 Å². The third-order valence-corrected chi connectivity index (χ3v) is 3.43. The summed E-state index contributed by atoms with van der Waals surface area (Å²) >= 11 is 0. The highest BCUT2D eigenvalue weighted by Crippen LogP contribution is 2.28. The van der Waals surface area contributed by atoms with Crippen molar-refractivity contribution in [2.75, 3.05) is 19.5 Å². The monoisotopic (exact) mass is 251 g/mol. The van der Waals surface area contributed by atoms with E-state index in [-0.39, 0.29) is 12.1 Å². The summed E-state index contributed by atoms with van der Waals surface area (Å²) in [6.07, 6.45) is 3.88. The Hall–Kier alpha value is -1.42. The van der Waals surface area contributed by atoms with Gasteiger partial charge >= 0.3 is 0 Å². The van der Waals surface area contributed by atoms with Crippen molar-refractivity contribution in [3.05, 3.63) is 18.2 Å². The third kappa shape index (κ3) is 3.07. The zero-order valence-electron chi connectivity index (χ0n) is 11.0. The van der Waals surface area contributed by atoms with Gasteiger partial charge in [-0.1, -0.05) is 12.8 Å². The van der Waals surface area contributed by atoms with Crippen molar-refractivity contribution in [2.24, 2.45) is 0 Å². The normalized spacial score (nSPS) is 23.5. The molecule has 1 fully saturated rings. The fraction of sp³-hybridized carbons (Fsp3) is 0.571. The smallest absolute Gasteiger partial charge is 0.124 e. The number of hydrogen-bond donors (Lipinski definition) is 2. The number of nitrogens with one attached hydrogen (secondary N) is 1. The molecule has 0 radical (unpaired) electrons. The third-order valence-electron chi connectivity index (χ3n) is 3.43. The quantitative estimate of drug-likeness (QED) is 0.863. The van der Waals surface area contributed by atoms with Gasteiger partial charge < -0.3 is 19.9 Å². The topological polar surface area (TPSA) is 50.7 Å². The Kier molecular flexibility index (Phi) is 4.31. The van der Waals surface area contributed by atoms with Crippen molar-refractivity contribution in [3.8, 4) is 11.5 Å². The first-order chi connectivity index (χ1) is 8.72. The maximum absolute atomic E-state index is 9.96. The largest absolute Gasteiger partial charge is 0.497 e. The second-order valence-electron chi connectivity index (χ2n) is 4.70. The van der Waals surface area contributed by atoms with Gasteiger partial charge in [0.05, 0.1) is 26.4 Å². The number of benzene rings is 1. The molecule has 0 saturated heterocycles. The number of aliphatic hydroxyl groups is 1. The molecule has 0 aromatic heterocycles. The van der Waals surface area contributed by atoms with E-state index in [0.29, 0.717) is 0 Å². The van der Waals surface area contributed by atoms with Crippen LogP contribution in [0.25, 0.3) is 0 Å². The second-order valence-corrected chi connectivity index (χ2v) is 4.70. The van der Waals surface area contributed by atoms with E-state index in [2.05, 4.69) is 5.32 Å². The van der Waals surface area contributed by atoms with Crippen LogP contribution in [0.5, 0.6) is 11.5 Å². The first-order valence-corrected chi connectivity index (χ1v) is 6.40. The van der Waals surface area contributed by atoms with Crippen LogP contribution in [0.4, 0.5) is 5.69 Å². The minimum absolute atomic E-state index is 0.121.